The van der Waals surface area contributed by atoms with Crippen LogP contribution in [0, 0.1) is 6.92 Å². The van der Waals surface area contributed by atoms with E-state index in [2.05, 4.69) is 46.7 Å². The molecule has 31 heavy (non-hydrogen) atoms. The smallest absolute Gasteiger partial charge is 0.250 e. The van der Waals surface area contributed by atoms with Crippen LogP contribution in [0.5, 0.6) is 5.75 Å². The first-order valence-electron chi connectivity index (χ1n) is 9.77. The number of anilines is 4. The molecule has 1 aliphatic heterocycles. The van der Waals surface area contributed by atoms with Crippen LogP contribution in [-0.4, -0.2) is 52.6 Å². The third-order valence-electron chi connectivity index (χ3n) is 4.59. The van der Waals surface area contributed by atoms with Crippen LogP contribution in [0.3, 0.4) is 0 Å². The van der Waals surface area contributed by atoms with Gasteiger partial charge >= 0.3 is 0 Å². The Kier molecular flexibility index (Phi) is 6.58. The Hall–Kier alpha value is -3.24. The summed E-state index contributed by atoms with van der Waals surface area (Å²) < 4.78 is 6.34. The van der Waals surface area contributed by atoms with E-state index >= 15 is 0 Å². The minimum atomic E-state index is 0.143. The number of hydrazone groups is 1. The molecule has 10 heteroatoms. The van der Waals surface area contributed by atoms with Gasteiger partial charge in [-0.2, -0.15) is 20.1 Å². The van der Waals surface area contributed by atoms with E-state index in [1.54, 1.807) is 18.2 Å². The van der Waals surface area contributed by atoms with E-state index < -0.39 is 0 Å². The average Bonchev–Trinajstić information content (AvgIpc) is 2.78. The molecule has 0 spiro atoms. The molecule has 160 valence electrons. The second kappa shape index (κ2) is 9.71. The molecule has 1 aromatic heterocycles. The highest BCUT2D eigenvalue weighted by atomic mass is 79.9. The van der Waals surface area contributed by atoms with E-state index in [9.17, 15) is 5.11 Å². The number of benzene rings is 2. The van der Waals surface area contributed by atoms with E-state index in [-0.39, 0.29) is 11.7 Å². The number of morpholine rings is 1. The summed E-state index contributed by atoms with van der Waals surface area (Å²) in [6, 6.07) is 12.9. The Morgan fingerprint density at radius 3 is 2.65 bits per heavy atom. The Morgan fingerprint density at radius 1 is 1.10 bits per heavy atom. The molecule has 0 aliphatic carbocycles. The summed E-state index contributed by atoms with van der Waals surface area (Å²) in [6.07, 6.45) is 1.51. The number of nitrogens with zero attached hydrogens (tertiary/aromatic N) is 5. The molecule has 0 atom stereocenters. The van der Waals surface area contributed by atoms with Crippen molar-refractivity contribution in [1.29, 1.82) is 0 Å². The van der Waals surface area contributed by atoms with Crippen molar-refractivity contribution in [3.63, 3.8) is 0 Å². The molecule has 3 N–H and O–H groups in total. The van der Waals surface area contributed by atoms with Gasteiger partial charge in [0.15, 0.2) is 0 Å². The Balaban J connectivity index is 1.60. The molecule has 0 radical (unpaired) electrons. The molecule has 3 aromatic rings. The minimum absolute atomic E-state index is 0.143. The molecule has 2 aromatic carbocycles. The zero-order chi connectivity index (χ0) is 21.6. The highest BCUT2D eigenvalue weighted by molar-refractivity contribution is 9.10. The number of nitrogens with one attached hydrogen (secondary N) is 2. The molecule has 0 amide bonds. The number of hydrogen-bond donors (Lipinski definition) is 3. The summed E-state index contributed by atoms with van der Waals surface area (Å²) >= 11 is 3.57. The summed E-state index contributed by atoms with van der Waals surface area (Å²) in [5, 5.41) is 17.3. The van der Waals surface area contributed by atoms with E-state index in [0.717, 1.165) is 15.7 Å². The first kappa shape index (κ1) is 21.0. The van der Waals surface area contributed by atoms with E-state index in [1.807, 2.05) is 36.1 Å². The highest BCUT2D eigenvalue weighted by Crippen LogP contribution is 2.26. The molecule has 4 rings (SSSR count). The first-order valence-corrected chi connectivity index (χ1v) is 10.6. The maximum Gasteiger partial charge on any atom is 0.250 e. The van der Waals surface area contributed by atoms with Gasteiger partial charge in [0.25, 0.3) is 0 Å². The van der Waals surface area contributed by atoms with Crippen molar-refractivity contribution in [2.45, 2.75) is 6.92 Å². The van der Waals surface area contributed by atoms with Crippen LogP contribution in [0.15, 0.2) is 52.0 Å². The molecule has 1 saturated heterocycles. The third-order valence-corrected chi connectivity index (χ3v) is 5.25. The molecule has 0 saturated carbocycles. The Labute approximate surface area is 188 Å². The van der Waals surface area contributed by atoms with Gasteiger partial charge in [0, 0.05) is 23.1 Å². The van der Waals surface area contributed by atoms with Gasteiger partial charge < -0.3 is 20.1 Å². The van der Waals surface area contributed by atoms with E-state index in [1.165, 1.54) is 6.21 Å². The van der Waals surface area contributed by atoms with Crippen LogP contribution in [0.25, 0.3) is 0 Å². The van der Waals surface area contributed by atoms with Crippen LogP contribution in [0.4, 0.5) is 23.5 Å². The lowest BCUT2D eigenvalue weighted by Crippen LogP contribution is -2.37. The van der Waals surface area contributed by atoms with Gasteiger partial charge in [-0.15, -0.1) is 0 Å². The third kappa shape index (κ3) is 5.47. The lowest BCUT2D eigenvalue weighted by molar-refractivity contribution is 0.122. The fourth-order valence-electron chi connectivity index (χ4n) is 2.97. The summed E-state index contributed by atoms with van der Waals surface area (Å²) in [4.78, 5) is 15.6. The van der Waals surface area contributed by atoms with Crippen LogP contribution < -0.4 is 15.6 Å². The van der Waals surface area contributed by atoms with Crippen molar-refractivity contribution in [2.75, 3.05) is 41.9 Å². The zero-order valence-corrected chi connectivity index (χ0v) is 18.5. The van der Waals surface area contributed by atoms with Crippen molar-refractivity contribution >= 4 is 45.7 Å². The maximum atomic E-state index is 9.88. The zero-order valence-electron chi connectivity index (χ0n) is 16.9. The van der Waals surface area contributed by atoms with Crippen molar-refractivity contribution in [3.05, 3.63) is 58.1 Å². The first-order chi connectivity index (χ1) is 15.1. The second-order valence-electron chi connectivity index (χ2n) is 6.92. The number of ether oxygens (including phenoxy) is 1. The average molecular weight is 484 g/mol. The van der Waals surface area contributed by atoms with Crippen molar-refractivity contribution in [2.24, 2.45) is 5.10 Å². The molecule has 2 heterocycles. The number of aromatic nitrogens is 3. The second-order valence-corrected chi connectivity index (χ2v) is 7.77. The van der Waals surface area contributed by atoms with Crippen LogP contribution in [0.2, 0.25) is 0 Å². The van der Waals surface area contributed by atoms with Crippen LogP contribution >= 0.6 is 15.9 Å². The predicted octanol–water partition coefficient (Wildman–Crippen LogP) is 3.67. The predicted molar refractivity (Wildman–Crippen MR) is 124 cm³/mol. The van der Waals surface area contributed by atoms with Gasteiger partial charge in [0.2, 0.25) is 17.8 Å². The number of halogens is 1. The van der Waals surface area contributed by atoms with Crippen molar-refractivity contribution in [3.8, 4) is 5.75 Å². The SMILES string of the molecule is Cc1ccc(Nc2nc(N/N=C/c3ccccc3O)nc(N3CCOCC3)n2)c(Br)c1. The number of phenols is 1. The lowest BCUT2D eigenvalue weighted by atomic mass is 10.2. The largest absolute Gasteiger partial charge is 0.507 e. The summed E-state index contributed by atoms with van der Waals surface area (Å²) in [5.74, 6) is 1.35. The normalized spacial score (nSPS) is 14.1. The monoisotopic (exact) mass is 483 g/mol. The fourth-order valence-corrected chi connectivity index (χ4v) is 3.57. The Bertz CT molecular complexity index is 1090. The quantitative estimate of drug-likeness (QED) is 0.360. The molecule has 0 bridgehead atoms. The van der Waals surface area contributed by atoms with Crippen LogP contribution in [-0.2, 0) is 4.74 Å². The number of hydrogen-bond acceptors (Lipinski definition) is 9. The lowest BCUT2D eigenvalue weighted by Gasteiger charge is -2.27. The number of aromatic hydroxyl groups is 1. The molecular formula is C21H22BrN7O2. The molecule has 1 aliphatic rings. The van der Waals surface area contributed by atoms with Gasteiger partial charge in [-0.3, -0.25) is 0 Å². The van der Waals surface area contributed by atoms with Gasteiger partial charge in [-0.25, -0.2) is 5.43 Å². The number of rotatable bonds is 6. The standard InChI is InChI=1S/C21H22BrN7O2/c1-14-6-7-17(16(22)12-14)24-19-25-20(27-21(26-19)29-8-10-31-11-9-29)28-23-13-15-4-2-3-5-18(15)30/h2-7,12-13,30H,8-11H2,1H3,(H2,24,25,26,27,28)/b23-13+. The van der Waals surface area contributed by atoms with E-state index in [4.69, 9.17) is 4.74 Å². The summed E-state index contributed by atoms with van der Waals surface area (Å²) in [7, 11) is 0. The van der Waals surface area contributed by atoms with Gasteiger partial charge in [-0.1, -0.05) is 18.2 Å². The summed E-state index contributed by atoms with van der Waals surface area (Å²) in [6.45, 7) is 4.65. The number of aryl methyl sites for hydroxylation is 1. The van der Waals surface area contributed by atoms with Crippen molar-refractivity contribution < 1.29 is 9.84 Å². The minimum Gasteiger partial charge on any atom is -0.507 e. The van der Waals surface area contributed by atoms with E-state index in [0.29, 0.717) is 43.8 Å². The van der Waals surface area contributed by atoms with Gasteiger partial charge in [-0.05, 0) is 52.7 Å². The molecule has 0 unspecified atom stereocenters. The van der Waals surface area contributed by atoms with Gasteiger partial charge in [0.1, 0.15) is 5.75 Å². The van der Waals surface area contributed by atoms with Crippen molar-refractivity contribution in [1.82, 2.24) is 15.0 Å². The summed E-state index contributed by atoms with van der Waals surface area (Å²) in [5.41, 5.74) is 5.40. The van der Waals surface area contributed by atoms with Crippen LogP contribution in [0.1, 0.15) is 11.1 Å². The molecule has 9 nitrogen and oxygen atoms in total. The maximum absolute atomic E-state index is 9.88. The molecule has 1 fully saturated rings. The number of para-hydroxylation sites is 1. The topological polar surface area (TPSA) is 108 Å². The number of phenolic OH excluding ortho intramolecular Hbond substituents is 1. The molecular weight excluding hydrogens is 462 g/mol. The van der Waals surface area contributed by atoms with Gasteiger partial charge in [0.05, 0.1) is 25.1 Å². The Morgan fingerprint density at radius 2 is 1.87 bits per heavy atom. The fraction of sp³-hybridized carbons (Fsp3) is 0.238. The highest BCUT2D eigenvalue weighted by Gasteiger charge is 2.17.